The van der Waals surface area contributed by atoms with E-state index in [-0.39, 0.29) is 5.91 Å². The SMILES string of the molecule is CCCCCCCC(=O)Nc1sc(CN)cc1C(=O)OCC.O=C(O)C(F)(F)F. The van der Waals surface area contributed by atoms with Crippen LogP contribution in [0.3, 0.4) is 0 Å². The van der Waals surface area contributed by atoms with Crippen molar-refractivity contribution in [3.8, 4) is 0 Å². The van der Waals surface area contributed by atoms with Gasteiger partial charge in [-0.2, -0.15) is 13.2 Å². The van der Waals surface area contributed by atoms with Crippen LogP contribution in [0.4, 0.5) is 18.2 Å². The second kappa shape index (κ2) is 13.9. The van der Waals surface area contributed by atoms with Gasteiger partial charge < -0.3 is 20.9 Å². The Morgan fingerprint density at radius 2 is 1.76 bits per heavy atom. The van der Waals surface area contributed by atoms with E-state index in [1.807, 2.05) is 0 Å². The average Bonchev–Trinajstić information content (AvgIpc) is 3.04. The normalized spacial score (nSPS) is 10.7. The number of amides is 1. The predicted molar refractivity (Wildman–Crippen MR) is 104 cm³/mol. The summed E-state index contributed by atoms with van der Waals surface area (Å²) < 4.78 is 36.7. The highest BCUT2D eigenvalue weighted by Gasteiger charge is 2.38. The number of carbonyl (C=O) groups is 3. The van der Waals surface area contributed by atoms with Crippen LogP contribution in [0, 0.1) is 0 Å². The van der Waals surface area contributed by atoms with Crippen molar-refractivity contribution in [1.82, 2.24) is 0 Å². The van der Waals surface area contributed by atoms with Gasteiger partial charge in [-0.25, -0.2) is 9.59 Å². The third kappa shape index (κ3) is 11.4. The molecular weight excluding hydrogens is 413 g/mol. The number of hydrogen-bond donors (Lipinski definition) is 3. The summed E-state index contributed by atoms with van der Waals surface area (Å²) in [5.41, 5.74) is 6.00. The number of carboxylic acid groups (broad SMARTS) is 1. The van der Waals surface area contributed by atoms with Gasteiger partial charge in [-0.05, 0) is 19.4 Å². The molecule has 166 valence electrons. The molecule has 29 heavy (non-hydrogen) atoms. The smallest absolute Gasteiger partial charge is 0.475 e. The van der Waals surface area contributed by atoms with Crippen molar-refractivity contribution in [3.05, 3.63) is 16.5 Å². The Balaban J connectivity index is 0.000000956. The minimum Gasteiger partial charge on any atom is -0.475 e. The molecule has 0 unspecified atom stereocenters. The van der Waals surface area contributed by atoms with Gasteiger partial charge in [-0.15, -0.1) is 11.3 Å². The quantitative estimate of drug-likeness (QED) is 0.368. The van der Waals surface area contributed by atoms with Gasteiger partial charge in [0.15, 0.2) is 0 Å². The second-order valence-corrected chi connectivity index (χ2v) is 7.03. The van der Waals surface area contributed by atoms with Gasteiger partial charge in [0.1, 0.15) is 5.00 Å². The molecule has 11 heteroatoms. The summed E-state index contributed by atoms with van der Waals surface area (Å²) in [4.78, 5) is 33.6. The van der Waals surface area contributed by atoms with Crippen LogP contribution < -0.4 is 11.1 Å². The van der Waals surface area contributed by atoms with E-state index in [1.165, 1.54) is 24.2 Å². The van der Waals surface area contributed by atoms with Crippen molar-refractivity contribution in [3.63, 3.8) is 0 Å². The molecule has 0 radical (unpaired) electrons. The lowest BCUT2D eigenvalue weighted by atomic mass is 10.1. The van der Waals surface area contributed by atoms with Crippen LogP contribution in [0.15, 0.2) is 6.07 Å². The fraction of sp³-hybridized carbons (Fsp3) is 0.611. The van der Waals surface area contributed by atoms with E-state index in [0.29, 0.717) is 30.1 Å². The number of halogens is 3. The molecule has 0 atom stereocenters. The summed E-state index contributed by atoms with van der Waals surface area (Å²) in [5.74, 6) is -3.24. The molecular formula is C18H27F3N2O5S. The van der Waals surface area contributed by atoms with Crippen molar-refractivity contribution in [2.24, 2.45) is 5.73 Å². The van der Waals surface area contributed by atoms with Crippen molar-refractivity contribution in [2.45, 2.75) is 65.1 Å². The third-order valence-electron chi connectivity index (χ3n) is 3.48. The van der Waals surface area contributed by atoms with E-state index in [1.54, 1.807) is 13.0 Å². The summed E-state index contributed by atoms with van der Waals surface area (Å²) in [7, 11) is 0. The van der Waals surface area contributed by atoms with E-state index < -0.39 is 18.1 Å². The first kappa shape index (κ1) is 26.9. The first-order chi connectivity index (χ1) is 13.6. The van der Waals surface area contributed by atoms with Gasteiger partial charge in [0.25, 0.3) is 0 Å². The lowest BCUT2D eigenvalue weighted by Crippen LogP contribution is -2.21. The number of nitrogens with one attached hydrogen (secondary N) is 1. The molecule has 7 nitrogen and oxygen atoms in total. The van der Waals surface area contributed by atoms with Crippen LogP contribution in [0.25, 0.3) is 0 Å². The Morgan fingerprint density at radius 3 is 2.24 bits per heavy atom. The molecule has 1 rings (SSSR count). The Hall–Kier alpha value is -2.14. The lowest BCUT2D eigenvalue weighted by Gasteiger charge is -2.06. The van der Waals surface area contributed by atoms with Crippen LogP contribution in [0.5, 0.6) is 0 Å². The number of nitrogens with two attached hydrogens (primary N) is 1. The number of alkyl halides is 3. The molecule has 0 aromatic carbocycles. The highest BCUT2D eigenvalue weighted by Crippen LogP contribution is 2.29. The standard InChI is InChI=1S/C16H26N2O3S.C2HF3O2/c1-3-5-6-7-8-9-14(19)18-15-13(16(20)21-4-2)10-12(11-17)22-15;3-2(4,5)1(6)7/h10H,3-9,11,17H2,1-2H3,(H,18,19);(H,6,7). The predicted octanol–water partition coefficient (Wildman–Crippen LogP) is 4.32. The molecule has 1 heterocycles. The number of carbonyl (C=O) groups excluding carboxylic acids is 2. The summed E-state index contributed by atoms with van der Waals surface area (Å²) >= 11 is 1.33. The number of esters is 1. The van der Waals surface area contributed by atoms with E-state index in [0.717, 1.165) is 24.1 Å². The first-order valence-electron chi connectivity index (χ1n) is 9.16. The molecule has 0 aliphatic rings. The topological polar surface area (TPSA) is 119 Å². The maximum Gasteiger partial charge on any atom is 0.490 e. The number of carboxylic acids is 1. The van der Waals surface area contributed by atoms with Gasteiger partial charge in [-0.3, -0.25) is 4.79 Å². The lowest BCUT2D eigenvalue weighted by molar-refractivity contribution is -0.192. The molecule has 0 spiro atoms. The van der Waals surface area contributed by atoms with Gasteiger partial charge in [0, 0.05) is 17.8 Å². The summed E-state index contributed by atoms with van der Waals surface area (Å²) in [5, 5.41) is 10.5. The van der Waals surface area contributed by atoms with E-state index in [2.05, 4.69) is 12.2 Å². The van der Waals surface area contributed by atoms with Crippen LogP contribution in [-0.2, 0) is 20.9 Å². The number of ether oxygens (including phenoxy) is 1. The zero-order valence-corrected chi connectivity index (χ0v) is 17.3. The molecule has 0 saturated carbocycles. The van der Waals surface area contributed by atoms with E-state index in [9.17, 15) is 22.8 Å². The maximum absolute atomic E-state index is 12.0. The highest BCUT2D eigenvalue weighted by molar-refractivity contribution is 7.16. The average molecular weight is 440 g/mol. The van der Waals surface area contributed by atoms with Gasteiger partial charge >= 0.3 is 18.1 Å². The molecule has 4 N–H and O–H groups in total. The molecule has 1 amide bonds. The monoisotopic (exact) mass is 440 g/mol. The molecule has 0 aliphatic carbocycles. The highest BCUT2D eigenvalue weighted by atomic mass is 32.1. The number of unbranched alkanes of at least 4 members (excludes halogenated alkanes) is 4. The molecule has 0 saturated heterocycles. The number of anilines is 1. The summed E-state index contributed by atoms with van der Waals surface area (Å²) in [6.07, 6.45) is 0.877. The Kier molecular flexibility index (Phi) is 12.9. The largest absolute Gasteiger partial charge is 0.490 e. The number of rotatable bonds is 10. The minimum absolute atomic E-state index is 0.0625. The fourth-order valence-corrected chi connectivity index (χ4v) is 3.01. The molecule has 1 aromatic rings. The number of hydrogen-bond acceptors (Lipinski definition) is 6. The van der Waals surface area contributed by atoms with Gasteiger partial charge in [0.05, 0.1) is 12.2 Å². The summed E-state index contributed by atoms with van der Waals surface area (Å²) in [6, 6.07) is 1.69. The van der Waals surface area contributed by atoms with E-state index >= 15 is 0 Å². The fourth-order valence-electron chi connectivity index (χ4n) is 2.07. The maximum atomic E-state index is 12.0. The van der Waals surface area contributed by atoms with Crippen LogP contribution in [0.1, 0.15) is 67.6 Å². The molecule has 1 aromatic heterocycles. The number of thiophene rings is 1. The zero-order valence-electron chi connectivity index (χ0n) is 16.4. The van der Waals surface area contributed by atoms with Gasteiger partial charge in [-0.1, -0.05) is 32.6 Å². The molecule has 0 bridgehead atoms. The van der Waals surface area contributed by atoms with Crippen molar-refractivity contribution in [1.29, 1.82) is 0 Å². The van der Waals surface area contributed by atoms with Crippen LogP contribution in [-0.4, -0.2) is 35.7 Å². The van der Waals surface area contributed by atoms with Crippen LogP contribution >= 0.6 is 11.3 Å². The second-order valence-electron chi connectivity index (χ2n) is 5.90. The third-order valence-corrected chi connectivity index (χ3v) is 4.56. The Morgan fingerprint density at radius 1 is 1.17 bits per heavy atom. The van der Waals surface area contributed by atoms with Gasteiger partial charge in [0.2, 0.25) is 5.91 Å². The Labute approximate surface area is 171 Å². The van der Waals surface area contributed by atoms with Crippen molar-refractivity contribution >= 4 is 34.2 Å². The van der Waals surface area contributed by atoms with E-state index in [4.69, 9.17) is 20.4 Å². The molecule has 0 aliphatic heterocycles. The zero-order chi connectivity index (χ0) is 22.4. The molecule has 0 fully saturated rings. The van der Waals surface area contributed by atoms with Crippen molar-refractivity contribution < 1.29 is 37.4 Å². The van der Waals surface area contributed by atoms with Crippen molar-refractivity contribution in [2.75, 3.05) is 11.9 Å². The summed E-state index contributed by atoms with van der Waals surface area (Å²) in [6.45, 7) is 4.56. The first-order valence-corrected chi connectivity index (χ1v) is 9.98. The van der Waals surface area contributed by atoms with Crippen LogP contribution in [0.2, 0.25) is 0 Å². The Bertz CT molecular complexity index is 662. The minimum atomic E-state index is -5.08. The number of aliphatic carboxylic acids is 1.